The summed E-state index contributed by atoms with van der Waals surface area (Å²) >= 11 is 3.39. The molecule has 2 aliphatic rings. The second-order valence-corrected chi connectivity index (χ2v) is 5.98. The molecule has 1 saturated carbocycles. The zero-order chi connectivity index (χ0) is 12.9. The van der Waals surface area contributed by atoms with Crippen LogP contribution in [0.5, 0.6) is 0 Å². The van der Waals surface area contributed by atoms with Gasteiger partial charge >= 0.3 is 0 Å². The molecule has 2 nitrogen and oxygen atoms in total. The largest absolute Gasteiger partial charge is 0.334 e. The number of halogens is 3. The molecule has 1 fully saturated rings. The first kappa shape index (κ1) is 12.1. The topological polar surface area (TPSA) is 20.3 Å². The Labute approximate surface area is 112 Å². The van der Waals surface area contributed by atoms with E-state index in [-0.39, 0.29) is 18.7 Å². The van der Waals surface area contributed by atoms with Crippen LogP contribution in [0.3, 0.4) is 0 Å². The monoisotopic (exact) mass is 315 g/mol. The highest BCUT2D eigenvalue weighted by atomic mass is 79.9. The van der Waals surface area contributed by atoms with Crippen LogP contribution in [-0.4, -0.2) is 16.7 Å². The third-order valence-corrected chi connectivity index (χ3v) is 4.13. The van der Waals surface area contributed by atoms with Crippen LogP contribution in [0.4, 0.5) is 8.78 Å². The zero-order valence-electron chi connectivity index (χ0n) is 9.63. The number of rotatable bonds is 1. The molecule has 1 heterocycles. The lowest BCUT2D eigenvalue weighted by molar-refractivity contribution is -0.160. The Morgan fingerprint density at radius 3 is 2.61 bits per heavy atom. The van der Waals surface area contributed by atoms with Crippen molar-refractivity contribution in [3.63, 3.8) is 0 Å². The van der Waals surface area contributed by atoms with Gasteiger partial charge in [-0.25, -0.2) is 8.78 Å². The molecule has 0 N–H and O–H groups in total. The van der Waals surface area contributed by atoms with Crippen LogP contribution in [0, 0.1) is 5.92 Å². The van der Waals surface area contributed by atoms with Gasteiger partial charge in [-0.1, -0.05) is 22.0 Å². The molecule has 0 saturated heterocycles. The fraction of sp³-hybridized carbons (Fsp3) is 0.462. The highest BCUT2D eigenvalue weighted by molar-refractivity contribution is 9.10. The van der Waals surface area contributed by atoms with Crippen molar-refractivity contribution in [2.75, 3.05) is 0 Å². The van der Waals surface area contributed by atoms with Gasteiger partial charge in [-0.2, -0.15) is 0 Å². The van der Waals surface area contributed by atoms with E-state index in [0.717, 1.165) is 15.6 Å². The summed E-state index contributed by atoms with van der Waals surface area (Å²) in [6.45, 7) is 1.08. The van der Waals surface area contributed by atoms with E-state index in [1.54, 1.807) is 4.90 Å². The summed E-state index contributed by atoms with van der Waals surface area (Å²) < 4.78 is 26.5. The number of carbonyl (C=O) groups is 1. The first-order chi connectivity index (χ1) is 8.44. The number of nitrogens with zero attached hydrogens (tertiary/aromatic N) is 1. The van der Waals surface area contributed by atoms with Gasteiger partial charge in [-0.3, -0.25) is 4.79 Å². The maximum Gasteiger partial charge on any atom is 0.249 e. The molecule has 0 spiro atoms. The highest BCUT2D eigenvalue weighted by Gasteiger charge is 2.50. The van der Waals surface area contributed by atoms with Crippen LogP contribution in [0.2, 0.25) is 0 Å². The van der Waals surface area contributed by atoms with Crippen molar-refractivity contribution < 1.29 is 13.6 Å². The van der Waals surface area contributed by atoms with Crippen molar-refractivity contribution in [2.24, 2.45) is 5.92 Å². The molecule has 0 aromatic heterocycles. The van der Waals surface area contributed by atoms with E-state index in [0.29, 0.717) is 13.1 Å². The number of hydrogen-bond donors (Lipinski definition) is 0. The van der Waals surface area contributed by atoms with Gasteiger partial charge in [0, 0.05) is 36.3 Å². The van der Waals surface area contributed by atoms with Crippen molar-refractivity contribution in [1.82, 2.24) is 4.90 Å². The predicted molar refractivity (Wildman–Crippen MR) is 66.1 cm³/mol. The molecule has 0 atom stereocenters. The van der Waals surface area contributed by atoms with Crippen molar-refractivity contribution in [3.8, 4) is 0 Å². The summed E-state index contributed by atoms with van der Waals surface area (Å²) in [7, 11) is 0. The summed E-state index contributed by atoms with van der Waals surface area (Å²) in [6.07, 6.45) is -0.579. The summed E-state index contributed by atoms with van der Waals surface area (Å²) in [5.74, 6) is -3.25. The average molecular weight is 316 g/mol. The lowest BCUT2D eigenvalue weighted by Gasteiger charge is -2.36. The van der Waals surface area contributed by atoms with Crippen LogP contribution in [0.25, 0.3) is 0 Å². The van der Waals surface area contributed by atoms with E-state index < -0.39 is 11.8 Å². The second-order valence-electron chi connectivity index (χ2n) is 5.07. The Hall–Kier alpha value is -0.970. The molecule has 1 aliphatic heterocycles. The van der Waals surface area contributed by atoms with Gasteiger partial charge in [-0.15, -0.1) is 0 Å². The van der Waals surface area contributed by atoms with Crippen LogP contribution in [0.1, 0.15) is 24.0 Å². The average Bonchev–Trinajstić information content (AvgIpc) is 2.67. The Kier molecular flexibility index (Phi) is 2.70. The third-order valence-electron chi connectivity index (χ3n) is 3.64. The van der Waals surface area contributed by atoms with Crippen LogP contribution >= 0.6 is 15.9 Å². The van der Waals surface area contributed by atoms with E-state index in [1.165, 1.54) is 0 Å². The summed E-state index contributed by atoms with van der Waals surface area (Å²) in [6, 6.07) is 5.89. The summed E-state index contributed by atoms with van der Waals surface area (Å²) in [4.78, 5) is 13.7. The number of fused-ring (bicyclic) bond motifs is 1. The van der Waals surface area contributed by atoms with Crippen molar-refractivity contribution in [1.29, 1.82) is 0 Å². The molecular formula is C13H12BrF2NO. The summed E-state index contributed by atoms with van der Waals surface area (Å²) in [5.41, 5.74) is 2.21. The number of amides is 1. The highest BCUT2D eigenvalue weighted by Crippen LogP contribution is 2.44. The minimum absolute atomic E-state index is 0.131. The standard InChI is InChI=1S/C13H12BrF2NO/c14-11-2-1-8-6-17(7-9(8)3-11)12(18)10-4-13(15,16)5-10/h1-3,10H,4-7H2. The molecule has 0 unspecified atom stereocenters. The van der Waals surface area contributed by atoms with E-state index in [2.05, 4.69) is 15.9 Å². The van der Waals surface area contributed by atoms with Gasteiger partial charge in [0.25, 0.3) is 0 Å². The number of hydrogen-bond acceptors (Lipinski definition) is 1. The SMILES string of the molecule is O=C(C1CC(F)(F)C1)N1Cc2ccc(Br)cc2C1. The number of benzene rings is 1. The smallest absolute Gasteiger partial charge is 0.249 e. The maximum absolute atomic E-state index is 12.8. The Bertz CT molecular complexity index is 510. The Morgan fingerprint density at radius 2 is 1.94 bits per heavy atom. The van der Waals surface area contributed by atoms with E-state index in [4.69, 9.17) is 0 Å². The molecule has 18 heavy (non-hydrogen) atoms. The van der Waals surface area contributed by atoms with E-state index in [1.807, 2.05) is 18.2 Å². The van der Waals surface area contributed by atoms with Crippen LogP contribution < -0.4 is 0 Å². The van der Waals surface area contributed by atoms with Crippen LogP contribution in [-0.2, 0) is 17.9 Å². The van der Waals surface area contributed by atoms with Crippen LogP contribution in [0.15, 0.2) is 22.7 Å². The first-order valence-corrected chi connectivity index (χ1v) is 6.68. The van der Waals surface area contributed by atoms with Crippen molar-refractivity contribution >= 4 is 21.8 Å². The van der Waals surface area contributed by atoms with Gasteiger partial charge in [0.2, 0.25) is 11.8 Å². The molecule has 1 aromatic carbocycles. The third kappa shape index (κ3) is 2.05. The minimum Gasteiger partial charge on any atom is -0.334 e. The van der Waals surface area contributed by atoms with Gasteiger partial charge in [0.15, 0.2) is 0 Å². The lowest BCUT2D eigenvalue weighted by atomic mass is 9.80. The molecule has 1 aromatic rings. The van der Waals surface area contributed by atoms with Gasteiger partial charge in [-0.05, 0) is 23.3 Å². The number of alkyl halides is 2. The molecule has 0 radical (unpaired) electrons. The lowest BCUT2D eigenvalue weighted by Crippen LogP contribution is -2.45. The Balaban J connectivity index is 1.69. The molecule has 5 heteroatoms. The fourth-order valence-corrected chi connectivity index (χ4v) is 3.02. The predicted octanol–water partition coefficient (Wildman–Crippen LogP) is 3.34. The van der Waals surface area contributed by atoms with Crippen molar-refractivity contribution in [3.05, 3.63) is 33.8 Å². The zero-order valence-corrected chi connectivity index (χ0v) is 11.2. The first-order valence-electron chi connectivity index (χ1n) is 5.88. The van der Waals surface area contributed by atoms with Crippen molar-refractivity contribution in [2.45, 2.75) is 31.9 Å². The van der Waals surface area contributed by atoms with Gasteiger partial charge in [0.05, 0.1) is 0 Å². The molecule has 1 aliphatic carbocycles. The molecule has 96 valence electrons. The summed E-state index contributed by atoms with van der Waals surface area (Å²) in [5, 5.41) is 0. The van der Waals surface area contributed by atoms with E-state index >= 15 is 0 Å². The molecule has 1 amide bonds. The molecule has 3 rings (SSSR count). The van der Waals surface area contributed by atoms with Gasteiger partial charge < -0.3 is 4.90 Å². The quantitative estimate of drug-likeness (QED) is 0.778. The normalized spacial score (nSPS) is 21.6. The second kappa shape index (κ2) is 4.02. The Morgan fingerprint density at radius 1 is 1.28 bits per heavy atom. The number of carbonyl (C=O) groups excluding carboxylic acids is 1. The maximum atomic E-state index is 12.8. The molecule has 0 bridgehead atoms. The molecular weight excluding hydrogens is 304 g/mol. The minimum atomic E-state index is -2.63. The van der Waals surface area contributed by atoms with Gasteiger partial charge in [0.1, 0.15) is 0 Å². The fourth-order valence-electron chi connectivity index (χ4n) is 2.61. The van der Waals surface area contributed by atoms with E-state index in [9.17, 15) is 13.6 Å².